The second-order valence-electron chi connectivity index (χ2n) is 6.47. The molecule has 1 heterocycles. The van der Waals surface area contributed by atoms with Gasteiger partial charge in [0.2, 0.25) is 0 Å². The number of nitrogens with one attached hydrogen (secondary N) is 1. The zero-order valence-electron chi connectivity index (χ0n) is 14.0. The van der Waals surface area contributed by atoms with Crippen molar-refractivity contribution in [2.24, 2.45) is 0 Å². The summed E-state index contributed by atoms with van der Waals surface area (Å²) in [6, 6.07) is 21.9. The Kier molecular flexibility index (Phi) is 5.81. The van der Waals surface area contributed by atoms with Crippen LogP contribution in [0.3, 0.4) is 0 Å². The van der Waals surface area contributed by atoms with Crippen LogP contribution in [0.15, 0.2) is 60.7 Å². The Bertz CT molecular complexity index is 562. The van der Waals surface area contributed by atoms with E-state index in [1.54, 1.807) is 0 Å². The van der Waals surface area contributed by atoms with Gasteiger partial charge in [0.15, 0.2) is 0 Å². The van der Waals surface area contributed by atoms with E-state index in [4.69, 9.17) is 0 Å². The zero-order valence-corrected chi connectivity index (χ0v) is 14.0. The van der Waals surface area contributed by atoms with Crippen molar-refractivity contribution in [3.63, 3.8) is 0 Å². The largest absolute Gasteiger partial charge is 0.296 e. The van der Waals surface area contributed by atoms with Gasteiger partial charge < -0.3 is 0 Å². The van der Waals surface area contributed by atoms with Crippen LogP contribution in [0.1, 0.15) is 18.1 Å². The number of rotatable bonds is 6. The first kappa shape index (κ1) is 16.2. The lowest BCUT2D eigenvalue weighted by molar-refractivity contribution is 0.0733. The fourth-order valence-corrected chi connectivity index (χ4v) is 3.20. The van der Waals surface area contributed by atoms with Crippen molar-refractivity contribution >= 4 is 0 Å². The van der Waals surface area contributed by atoms with E-state index in [1.165, 1.54) is 11.1 Å². The molecule has 2 aromatic carbocycles. The predicted octanol–water partition coefficient (Wildman–Crippen LogP) is 2.94. The minimum absolute atomic E-state index is 0.470. The normalized spacial score (nSPS) is 18.0. The van der Waals surface area contributed by atoms with E-state index in [9.17, 15) is 0 Å². The maximum Gasteiger partial charge on any atom is 0.0259 e. The molecule has 2 aromatic rings. The Morgan fingerprint density at radius 2 is 1.39 bits per heavy atom. The van der Waals surface area contributed by atoms with Crippen LogP contribution in [-0.4, -0.2) is 42.1 Å². The third kappa shape index (κ3) is 5.17. The lowest BCUT2D eigenvalue weighted by atomic mass is 10.1. The number of nitrogens with zero attached hydrogens (tertiary/aromatic N) is 2. The molecule has 1 atom stereocenters. The average Bonchev–Trinajstić information content (AvgIpc) is 2.58. The fourth-order valence-electron chi connectivity index (χ4n) is 3.20. The van der Waals surface area contributed by atoms with Gasteiger partial charge in [-0.3, -0.25) is 10.3 Å². The van der Waals surface area contributed by atoms with Crippen LogP contribution < -0.4 is 5.43 Å². The Balaban J connectivity index is 1.40. The molecule has 122 valence electrons. The average molecular weight is 309 g/mol. The number of piperazine rings is 1. The summed E-state index contributed by atoms with van der Waals surface area (Å²) in [5, 5.41) is 2.38. The van der Waals surface area contributed by atoms with Gasteiger partial charge in [-0.2, -0.15) is 0 Å². The molecular weight excluding hydrogens is 282 g/mol. The molecule has 23 heavy (non-hydrogen) atoms. The van der Waals surface area contributed by atoms with E-state index < -0.39 is 0 Å². The van der Waals surface area contributed by atoms with Crippen LogP contribution in [0.4, 0.5) is 0 Å². The van der Waals surface area contributed by atoms with Gasteiger partial charge in [-0.1, -0.05) is 60.7 Å². The number of hydrogen-bond donors (Lipinski definition) is 1. The van der Waals surface area contributed by atoms with Crippen LogP contribution in [0, 0.1) is 0 Å². The Morgan fingerprint density at radius 1 is 0.826 bits per heavy atom. The maximum atomic E-state index is 3.66. The van der Waals surface area contributed by atoms with Crippen molar-refractivity contribution in [3.8, 4) is 0 Å². The minimum Gasteiger partial charge on any atom is -0.296 e. The number of hydrogen-bond acceptors (Lipinski definition) is 3. The molecule has 0 aliphatic carbocycles. The number of hydrazine groups is 1. The van der Waals surface area contributed by atoms with Crippen LogP contribution in [0.5, 0.6) is 0 Å². The van der Waals surface area contributed by atoms with Crippen LogP contribution in [0.2, 0.25) is 0 Å². The van der Waals surface area contributed by atoms with Gasteiger partial charge in [-0.05, 0) is 24.5 Å². The highest BCUT2D eigenvalue weighted by Gasteiger charge is 2.18. The summed E-state index contributed by atoms with van der Waals surface area (Å²) in [4.78, 5) is 2.54. The van der Waals surface area contributed by atoms with Gasteiger partial charge in [0.1, 0.15) is 0 Å². The van der Waals surface area contributed by atoms with Crippen molar-refractivity contribution in [2.45, 2.75) is 25.9 Å². The van der Waals surface area contributed by atoms with Crippen LogP contribution >= 0.6 is 0 Å². The molecule has 3 nitrogen and oxygen atoms in total. The SMILES string of the molecule is CC(Cc1ccccc1)NN1CCN(Cc2ccccc2)CC1. The smallest absolute Gasteiger partial charge is 0.0259 e. The van der Waals surface area contributed by atoms with Gasteiger partial charge in [-0.15, -0.1) is 0 Å². The Labute approximate surface area is 139 Å². The third-order valence-electron chi connectivity index (χ3n) is 4.41. The Hall–Kier alpha value is -1.68. The van der Waals surface area contributed by atoms with E-state index in [0.29, 0.717) is 6.04 Å². The zero-order chi connectivity index (χ0) is 15.9. The van der Waals surface area contributed by atoms with Crippen molar-refractivity contribution < 1.29 is 0 Å². The van der Waals surface area contributed by atoms with E-state index >= 15 is 0 Å². The summed E-state index contributed by atoms with van der Waals surface area (Å²) >= 11 is 0. The first-order valence-corrected chi connectivity index (χ1v) is 8.61. The highest BCUT2D eigenvalue weighted by atomic mass is 15.5. The summed E-state index contributed by atoms with van der Waals surface area (Å²) in [5.74, 6) is 0. The molecule has 1 unspecified atom stereocenters. The number of benzene rings is 2. The molecule has 1 saturated heterocycles. The molecule has 0 spiro atoms. The van der Waals surface area contributed by atoms with E-state index in [2.05, 4.69) is 82.9 Å². The standard InChI is InChI=1S/C20H27N3/c1-18(16-19-8-4-2-5-9-19)21-23-14-12-22(13-15-23)17-20-10-6-3-7-11-20/h2-11,18,21H,12-17H2,1H3. The highest BCUT2D eigenvalue weighted by Crippen LogP contribution is 2.08. The molecule has 0 bridgehead atoms. The third-order valence-corrected chi connectivity index (χ3v) is 4.41. The van der Waals surface area contributed by atoms with Gasteiger partial charge >= 0.3 is 0 Å². The van der Waals surface area contributed by atoms with Gasteiger partial charge in [-0.25, -0.2) is 5.01 Å². The molecule has 0 aromatic heterocycles. The first-order chi connectivity index (χ1) is 11.3. The lowest BCUT2D eigenvalue weighted by Gasteiger charge is -2.36. The summed E-state index contributed by atoms with van der Waals surface area (Å²) in [6.45, 7) is 7.76. The second kappa shape index (κ2) is 8.25. The molecule has 1 aliphatic heterocycles. The molecule has 3 heteroatoms. The summed E-state index contributed by atoms with van der Waals surface area (Å²) < 4.78 is 0. The van der Waals surface area contributed by atoms with Gasteiger partial charge in [0, 0.05) is 38.8 Å². The van der Waals surface area contributed by atoms with E-state index in [1.807, 2.05) is 0 Å². The topological polar surface area (TPSA) is 18.5 Å². The first-order valence-electron chi connectivity index (χ1n) is 8.61. The second-order valence-corrected chi connectivity index (χ2v) is 6.47. The van der Waals surface area contributed by atoms with Crippen molar-refractivity contribution in [3.05, 3.63) is 71.8 Å². The molecule has 0 amide bonds. The van der Waals surface area contributed by atoms with E-state index in [0.717, 1.165) is 39.1 Å². The molecule has 3 rings (SSSR count). The van der Waals surface area contributed by atoms with Gasteiger partial charge in [0.05, 0.1) is 0 Å². The maximum absolute atomic E-state index is 3.66. The molecule has 0 saturated carbocycles. The van der Waals surface area contributed by atoms with Crippen LogP contribution in [0.25, 0.3) is 0 Å². The molecular formula is C20H27N3. The predicted molar refractivity (Wildman–Crippen MR) is 96.0 cm³/mol. The lowest BCUT2D eigenvalue weighted by Crippen LogP contribution is -2.54. The van der Waals surface area contributed by atoms with Crippen molar-refractivity contribution in [1.29, 1.82) is 0 Å². The molecule has 1 fully saturated rings. The summed E-state index contributed by atoms with van der Waals surface area (Å²) in [5.41, 5.74) is 6.47. The molecule has 1 aliphatic rings. The molecule has 1 N–H and O–H groups in total. The minimum atomic E-state index is 0.470. The van der Waals surface area contributed by atoms with Crippen LogP contribution in [-0.2, 0) is 13.0 Å². The monoisotopic (exact) mass is 309 g/mol. The van der Waals surface area contributed by atoms with E-state index in [-0.39, 0.29) is 0 Å². The molecule has 0 radical (unpaired) electrons. The quantitative estimate of drug-likeness (QED) is 0.885. The van der Waals surface area contributed by atoms with Crippen molar-refractivity contribution in [1.82, 2.24) is 15.3 Å². The summed E-state index contributed by atoms with van der Waals surface area (Å²) in [6.07, 6.45) is 1.07. The Morgan fingerprint density at radius 3 is 2.00 bits per heavy atom. The highest BCUT2D eigenvalue weighted by molar-refractivity contribution is 5.16. The van der Waals surface area contributed by atoms with Crippen molar-refractivity contribution in [2.75, 3.05) is 26.2 Å². The fraction of sp³-hybridized carbons (Fsp3) is 0.400. The van der Waals surface area contributed by atoms with Gasteiger partial charge in [0.25, 0.3) is 0 Å². The summed E-state index contributed by atoms with van der Waals surface area (Å²) in [7, 11) is 0.